The monoisotopic (exact) mass is 348 g/mol. The standard InChI is InChI=1S/C21H20N2O3/c1-13-4-7-15(8-5-13)17-10-9-16(20(24)22-17)21(25)23-18-12-14(2)6-11-19(18)26-3/h4-12H,1-3H3,(H,22,24)(H,23,25). The van der Waals surface area contributed by atoms with Gasteiger partial charge >= 0.3 is 0 Å². The second-order valence-corrected chi connectivity index (χ2v) is 6.14. The number of nitrogens with one attached hydrogen (secondary N) is 2. The van der Waals surface area contributed by atoms with Crippen molar-refractivity contribution >= 4 is 11.6 Å². The number of anilines is 1. The van der Waals surface area contributed by atoms with Crippen molar-refractivity contribution in [3.63, 3.8) is 0 Å². The van der Waals surface area contributed by atoms with E-state index in [0.29, 0.717) is 17.1 Å². The first-order chi connectivity index (χ1) is 12.5. The fourth-order valence-corrected chi connectivity index (χ4v) is 2.66. The van der Waals surface area contributed by atoms with E-state index in [-0.39, 0.29) is 5.56 Å². The van der Waals surface area contributed by atoms with Gasteiger partial charge in [-0.2, -0.15) is 0 Å². The molecule has 3 rings (SSSR count). The fourth-order valence-electron chi connectivity index (χ4n) is 2.66. The van der Waals surface area contributed by atoms with Gasteiger partial charge in [0.15, 0.2) is 0 Å². The first kappa shape index (κ1) is 17.5. The van der Waals surface area contributed by atoms with Crippen molar-refractivity contribution in [2.45, 2.75) is 13.8 Å². The largest absolute Gasteiger partial charge is 0.495 e. The van der Waals surface area contributed by atoms with E-state index in [0.717, 1.165) is 16.7 Å². The van der Waals surface area contributed by atoms with Crippen LogP contribution in [0.1, 0.15) is 21.5 Å². The van der Waals surface area contributed by atoms with Gasteiger partial charge in [0.25, 0.3) is 11.5 Å². The molecular weight excluding hydrogens is 328 g/mol. The smallest absolute Gasteiger partial charge is 0.261 e. The summed E-state index contributed by atoms with van der Waals surface area (Å²) >= 11 is 0. The van der Waals surface area contributed by atoms with Gasteiger partial charge in [-0.3, -0.25) is 9.59 Å². The molecule has 0 radical (unpaired) electrons. The van der Waals surface area contributed by atoms with Gasteiger partial charge in [-0.1, -0.05) is 35.9 Å². The second kappa shape index (κ2) is 7.27. The minimum absolute atomic E-state index is 0.0458. The number of methoxy groups -OCH3 is 1. The molecule has 0 saturated heterocycles. The third kappa shape index (κ3) is 3.67. The zero-order valence-electron chi connectivity index (χ0n) is 14.9. The highest BCUT2D eigenvalue weighted by atomic mass is 16.5. The summed E-state index contributed by atoms with van der Waals surface area (Å²) in [5, 5.41) is 2.74. The SMILES string of the molecule is COc1ccc(C)cc1NC(=O)c1ccc(-c2ccc(C)cc2)[nH]c1=O. The molecule has 0 aliphatic carbocycles. The second-order valence-electron chi connectivity index (χ2n) is 6.14. The maximum atomic E-state index is 12.5. The first-order valence-electron chi connectivity index (χ1n) is 8.24. The summed E-state index contributed by atoms with van der Waals surface area (Å²) in [5.41, 5.74) is 3.81. The molecule has 1 heterocycles. The normalized spacial score (nSPS) is 10.4. The lowest BCUT2D eigenvalue weighted by Gasteiger charge is -2.11. The minimum atomic E-state index is -0.481. The molecule has 2 aromatic carbocycles. The number of aryl methyl sites for hydroxylation is 2. The van der Waals surface area contributed by atoms with E-state index >= 15 is 0 Å². The van der Waals surface area contributed by atoms with Crippen LogP contribution in [0.2, 0.25) is 0 Å². The molecule has 1 amide bonds. The van der Waals surface area contributed by atoms with E-state index in [4.69, 9.17) is 4.74 Å². The molecule has 0 aliphatic rings. The van der Waals surface area contributed by atoms with Gasteiger partial charge < -0.3 is 15.0 Å². The highest BCUT2D eigenvalue weighted by Crippen LogP contribution is 2.25. The predicted octanol–water partition coefficient (Wildman–Crippen LogP) is 3.92. The minimum Gasteiger partial charge on any atom is -0.495 e. The van der Waals surface area contributed by atoms with Crippen LogP contribution in [-0.4, -0.2) is 18.0 Å². The molecule has 3 aromatic rings. The lowest BCUT2D eigenvalue weighted by Crippen LogP contribution is -2.23. The van der Waals surface area contributed by atoms with Gasteiger partial charge in [-0.25, -0.2) is 0 Å². The number of benzene rings is 2. The quantitative estimate of drug-likeness (QED) is 0.751. The van der Waals surface area contributed by atoms with E-state index in [9.17, 15) is 9.59 Å². The number of rotatable bonds is 4. The zero-order chi connectivity index (χ0) is 18.7. The van der Waals surface area contributed by atoms with E-state index in [1.54, 1.807) is 18.2 Å². The molecule has 0 spiro atoms. The van der Waals surface area contributed by atoms with Gasteiger partial charge in [0.05, 0.1) is 12.8 Å². The summed E-state index contributed by atoms with van der Waals surface area (Å²) in [6.45, 7) is 3.91. The van der Waals surface area contributed by atoms with Crippen molar-refractivity contribution in [2.24, 2.45) is 0 Å². The van der Waals surface area contributed by atoms with E-state index in [2.05, 4.69) is 10.3 Å². The van der Waals surface area contributed by atoms with Crippen LogP contribution in [0.4, 0.5) is 5.69 Å². The highest BCUT2D eigenvalue weighted by Gasteiger charge is 2.14. The third-order valence-electron chi connectivity index (χ3n) is 4.12. The number of carbonyl (C=O) groups is 1. The number of aromatic nitrogens is 1. The van der Waals surface area contributed by atoms with Gasteiger partial charge in [0.2, 0.25) is 0 Å². The Labute approximate surface area is 151 Å². The van der Waals surface area contributed by atoms with Crippen LogP contribution in [0.3, 0.4) is 0 Å². The molecule has 0 fully saturated rings. The number of hydrogen-bond donors (Lipinski definition) is 2. The van der Waals surface area contributed by atoms with Crippen molar-refractivity contribution in [3.05, 3.63) is 81.6 Å². The number of amides is 1. The number of hydrogen-bond acceptors (Lipinski definition) is 3. The van der Waals surface area contributed by atoms with Crippen molar-refractivity contribution < 1.29 is 9.53 Å². The zero-order valence-corrected chi connectivity index (χ0v) is 14.9. The molecule has 2 N–H and O–H groups in total. The van der Waals surface area contributed by atoms with Crippen LogP contribution in [-0.2, 0) is 0 Å². The fraction of sp³-hybridized carbons (Fsp3) is 0.143. The van der Waals surface area contributed by atoms with Crippen LogP contribution in [0, 0.1) is 13.8 Å². The van der Waals surface area contributed by atoms with Gasteiger partial charge in [0, 0.05) is 5.69 Å². The Morgan fingerprint density at radius 2 is 1.65 bits per heavy atom. The summed E-state index contributed by atoms with van der Waals surface area (Å²) in [5.74, 6) is 0.0576. The Morgan fingerprint density at radius 1 is 0.962 bits per heavy atom. The van der Waals surface area contributed by atoms with Crippen molar-refractivity contribution in [2.75, 3.05) is 12.4 Å². The molecule has 0 saturated carbocycles. The van der Waals surface area contributed by atoms with Gasteiger partial charge in [-0.05, 0) is 49.2 Å². The average Bonchev–Trinajstić information content (AvgIpc) is 2.62. The molecular formula is C21H20N2O3. The Kier molecular flexibility index (Phi) is 4.89. The van der Waals surface area contributed by atoms with Crippen molar-refractivity contribution in [1.82, 2.24) is 4.98 Å². The summed E-state index contributed by atoms with van der Waals surface area (Å²) < 4.78 is 5.25. The van der Waals surface area contributed by atoms with Crippen LogP contribution < -0.4 is 15.6 Å². The van der Waals surface area contributed by atoms with Crippen LogP contribution in [0.5, 0.6) is 5.75 Å². The summed E-state index contributed by atoms with van der Waals surface area (Å²) in [7, 11) is 1.53. The molecule has 26 heavy (non-hydrogen) atoms. The molecule has 0 atom stereocenters. The summed E-state index contributed by atoms with van der Waals surface area (Å²) in [4.78, 5) is 27.7. The molecule has 5 nitrogen and oxygen atoms in total. The van der Waals surface area contributed by atoms with E-state index in [1.807, 2.05) is 44.2 Å². The molecule has 0 aliphatic heterocycles. The molecule has 0 bridgehead atoms. The van der Waals surface area contributed by atoms with Crippen LogP contribution in [0.15, 0.2) is 59.4 Å². The molecule has 5 heteroatoms. The Morgan fingerprint density at radius 3 is 2.31 bits per heavy atom. The summed E-state index contributed by atoms with van der Waals surface area (Å²) in [6, 6.07) is 16.5. The number of carbonyl (C=O) groups excluding carboxylic acids is 1. The number of ether oxygens (including phenoxy) is 1. The lowest BCUT2D eigenvalue weighted by molar-refractivity contribution is 0.102. The van der Waals surface area contributed by atoms with E-state index in [1.165, 1.54) is 13.2 Å². The Bertz CT molecular complexity index is 1000. The Hall–Kier alpha value is -3.34. The average molecular weight is 348 g/mol. The van der Waals surface area contributed by atoms with Gasteiger partial charge in [0.1, 0.15) is 11.3 Å². The lowest BCUT2D eigenvalue weighted by atomic mass is 10.1. The third-order valence-corrected chi connectivity index (χ3v) is 4.12. The first-order valence-corrected chi connectivity index (χ1v) is 8.24. The van der Waals surface area contributed by atoms with E-state index < -0.39 is 11.5 Å². The van der Waals surface area contributed by atoms with Crippen molar-refractivity contribution in [3.8, 4) is 17.0 Å². The number of aromatic amines is 1. The number of pyridine rings is 1. The van der Waals surface area contributed by atoms with Crippen LogP contribution in [0.25, 0.3) is 11.3 Å². The van der Waals surface area contributed by atoms with Crippen LogP contribution >= 0.6 is 0 Å². The van der Waals surface area contributed by atoms with Crippen molar-refractivity contribution in [1.29, 1.82) is 0 Å². The Balaban J connectivity index is 1.88. The molecule has 132 valence electrons. The maximum Gasteiger partial charge on any atom is 0.261 e. The maximum absolute atomic E-state index is 12.5. The molecule has 1 aromatic heterocycles. The molecule has 0 unspecified atom stereocenters. The summed E-state index contributed by atoms with van der Waals surface area (Å²) in [6.07, 6.45) is 0. The topological polar surface area (TPSA) is 71.2 Å². The van der Waals surface area contributed by atoms with Gasteiger partial charge in [-0.15, -0.1) is 0 Å². The highest BCUT2D eigenvalue weighted by molar-refractivity contribution is 6.05. The number of H-pyrrole nitrogens is 1. The predicted molar refractivity (Wildman–Crippen MR) is 103 cm³/mol.